The largest absolute Gasteiger partial charge is 0.347 e. The monoisotopic (exact) mass is 441 g/mol. The molecule has 3 aromatic rings. The lowest BCUT2D eigenvalue weighted by Crippen LogP contribution is -2.43. The highest BCUT2D eigenvalue weighted by molar-refractivity contribution is 7.90. The predicted molar refractivity (Wildman–Crippen MR) is 119 cm³/mol. The third-order valence-corrected chi connectivity index (χ3v) is 6.46. The van der Waals surface area contributed by atoms with E-state index in [0.29, 0.717) is 12.1 Å². The molecule has 0 spiro atoms. The Hall–Kier alpha value is -2.75. The second-order valence-corrected chi connectivity index (χ2v) is 9.96. The minimum Gasteiger partial charge on any atom is -0.347 e. The molecule has 1 N–H and O–H groups in total. The van der Waals surface area contributed by atoms with Crippen molar-refractivity contribution < 1.29 is 13.2 Å². The number of fused-ring (bicyclic) bond motifs is 1. The lowest BCUT2D eigenvalue weighted by atomic mass is 10.1. The Labute approximate surface area is 182 Å². The average Bonchev–Trinajstić information content (AvgIpc) is 3.14. The number of hydrogen-bond donors (Lipinski definition) is 1. The van der Waals surface area contributed by atoms with Crippen molar-refractivity contribution in [2.24, 2.45) is 0 Å². The first-order valence-corrected chi connectivity index (χ1v) is 12.1. The van der Waals surface area contributed by atoms with Gasteiger partial charge in [0.2, 0.25) is 15.0 Å². The van der Waals surface area contributed by atoms with Crippen molar-refractivity contribution in [3.05, 3.63) is 65.5 Å². The van der Waals surface area contributed by atoms with Gasteiger partial charge in [-0.3, -0.25) is 14.1 Å². The zero-order chi connectivity index (χ0) is 22.0. The van der Waals surface area contributed by atoms with Crippen LogP contribution in [0.5, 0.6) is 0 Å². The van der Waals surface area contributed by atoms with Crippen LogP contribution in [0, 0.1) is 0 Å². The molecule has 4 rings (SSSR count). The van der Waals surface area contributed by atoms with Crippen molar-refractivity contribution >= 4 is 21.3 Å². The number of piperazine rings is 1. The number of imidazole rings is 1. The molecule has 9 heteroatoms. The van der Waals surface area contributed by atoms with Crippen LogP contribution in [-0.2, 0) is 22.9 Å². The van der Waals surface area contributed by atoms with E-state index in [2.05, 4.69) is 39.3 Å². The highest BCUT2D eigenvalue weighted by Gasteiger charge is 2.22. The molecular formula is C22H27N5O3S. The Balaban J connectivity index is 1.46. The van der Waals surface area contributed by atoms with Gasteiger partial charge in [0, 0.05) is 51.7 Å². The fraction of sp³-hybridized carbons (Fsp3) is 0.364. The first-order chi connectivity index (χ1) is 14.8. The maximum Gasteiger partial charge on any atom is 0.272 e. The number of pyridine rings is 1. The zero-order valence-corrected chi connectivity index (χ0v) is 18.6. The Bertz CT molecular complexity index is 1200. The summed E-state index contributed by atoms with van der Waals surface area (Å²) >= 11 is 0. The Kier molecular flexibility index (Phi) is 6.08. The van der Waals surface area contributed by atoms with Gasteiger partial charge in [-0.15, -0.1) is 0 Å². The summed E-state index contributed by atoms with van der Waals surface area (Å²) in [4.78, 5) is 21.7. The fourth-order valence-electron chi connectivity index (χ4n) is 3.81. The lowest BCUT2D eigenvalue weighted by Gasteiger charge is -2.32. The summed E-state index contributed by atoms with van der Waals surface area (Å²) in [5.41, 5.74) is 2.77. The predicted octanol–water partition coefficient (Wildman–Crippen LogP) is 1.42. The molecule has 1 amide bonds. The second-order valence-electron chi connectivity index (χ2n) is 8.05. The maximum atomic E-state index is 12.8. The van der Waals surface area contributed by atoms with Crippen molar-refractivity contribution in [2.75, 3.05) is 39.5 Å². The molecule has 31 heavy (non-hydrogen) atoms. The van der Waals surface area contributed by atoms with Gasteiger partial charge in [-0.1, -0.05) is 30.3 Å². The van der Waals surface area contributed by atoms with Gasteiger partial charge in [-0.25, -0.2) is 13.4 Å². The highest BCUT2D eigenvalue weighted by Crippen LogP contribution is 2.17. The number of carbonyl (C=O) groups is 1. The van der Waals surface area contributed by atoms with Gasteiger partial charge < -0.3 is 10.2 Å². The van der Waals surface area contributed by atoms with E-state index >= 15 is 0 Å². The number of amides is 1. The van der Waals surface area contributed by atoms with Crippen LogP contribution in [0.4, 0.5) is 0 Å². The Morgan fingerprint density at radius 2 is 1.81 bits per heavy atom. The van der Waals surface area contributed by atoms with Gasteiger partial charge in [0.1, 0.15) is 0 Å². The van der Waals surface area contributed by atoms with Crippen LogP contribution in [0.15, 0.2) is 53.8 Å². The molecule has 3 heterocycles. The van der Waals surface area contributed by atoms with Crippen LogP contribution in [-0.4, -0.2) is 73.0 Å². The zero-order valence-electron chi connectivity index (χ0n) is 17.8. The minimum absolute atomic E-state index is 0.106. The quantitative estimate of drug-likeness (QED) is 0.623. The highest BCUT2D eigenvalue weighted by atomic mass is 32.2. The number of rotatable bonds is 6. The molecule has 0 radical (unpaired) electrons. The SMILES string of the molecule is CN1CCN(Cc2cccc(CNC(=O)c3nc(S(C)(=O)=O)n4ccccc34)c2)CC1. The molecule has 1 saturated heterocycles. The molecule has 0 saturated carbocycles. The van der Waals surface area contributed by atoms with E-state index in [0.717, 1.165) is 44.5 Å². The number of nitrogens with one attached hydrogen (secondary N) is 1. The molecule has 1 fully saturated rings. The van der Waals surface area contributed by atoms with Crippen molar-refractivity contribution in [2.45, 2.75) is 18.2 Å². The normalized spacial score (nSPS) is 15.9. The minimum atomic E-state index is -3.57. The average molecular weight is 442 g/mol. The number of likely N-dealkylation sites (N-methyl/N-ethyl adjacent to an activating group) is 1. The van der Waals surface area contributed by atoms with Crippen molar-refractivity contribution in [3.63, 3.8) is 0 Å². The first-order valence-electron chi connectivity index (χ1n) is 10.3. The molecule has 0 unspecified atom stereocenters. The molecule has 0 bridgehead atoms. The number of hydrogen-bond acceptors (Lipinski definition) is 6. The first kappa shape index (κ1) is 21.5. The van der Waals surface area contributed by atoms with E-state index in [1.807, 2.05) is 12.1 Å². The van der Waals surface area contributed by atoms with Crippen LogP contribution >= 0.6 is 0 Å². The van der Waals surface area contributed by atoms with Crippen LogP contribution < -0.4 is 5.32 Å². The summed E-state index contributed by atoms with van der Waals surface area (Å²) in [6.07, 6.45) is 2.68. The van der Waals surface area contributed by atoms with Gasteiger partial charge in [0.15, 0.2) is 5.69 Å². The van der Waals surface area contributed by atoms with Crippen LogP contribution in [0.1, 0.15) is 21.6 Å². The van der Waals surface area contributed by atoms with E-state index < -0.39 is 15.7 Å². The number of aromatic nitrogens is 2. The molecule has 8 nitrogen and oxygen atoms in total. The van der Waals surface area contributed by atoms with Crippen molar-refractivity contribution in [1.29, 1.82) is 0 Å². The van der Waals surface area contributed by atoms with E-state index in [1.165, 1.54) is 9.96 Å². The fourth-order valence-corrected chi connectivity index (χ4v) is 4.58. The van der Waals surface area contributed by atoms with Gasteiger partial charge in [-0.2, -0.15) is 0 Å². The summed E-state index contributed by atoms with van der Waals surface area (Å²) in [7, 11) is -1.43. The Morgan fingerprint density at radius 3 is 2.55 bits per heavy atom. The summed E-state index contributed by atoms with van der Waals surface area (Å²) in [5, 5.41) is 2.74. The van der Waals surface area contributed by atoms with Gasteiger partial charge in [0.05, 0.1) is 5.52 Å². The van der Waals surface area contributed by atoms with E-state index in [9.17, 15) is 13.2 Å². The molecule has 0 aliphatic carbocycles. The summed E-state index contributed by atoms with van der Waals surface area (Å²) < 4.78 is 25.6. The van der Waals surface area contributed by atoms with Crippen LogP contribution in [0.3, 0.4) is 0 Å². The molecule has 1 aliphatic heterocycles. The van der Waals surface area contributed by atoms with Gasteiger partial charge >= 0.3 is 0 Å². The molecule has 0 atom stereocenters. The van der Waals surface area contributed by atoms with Gasteiger partial charge in [0.25, 0.3) is 5.91 Å². The standard InChI is InChI=1S/C22H27N5O3S/c1-25-10-12-26(13-11-25)16-18-7-5-6-17(14-18)15-23-21(28)20-19-8-3-4-9-27(19)22(24-20)31(2,29)30/h3-9,14H,10-13,15-16H2,1-2H3,(H,23,28). The van der Waals surface area contributed by atoms with Gasteiger partial charge in [-0.05, 0) is 30.3 Å². The topological polar surface area (TPSA) is 87.0 Å². The smallest absolute Gasteiger partial charge is 0.272 e. The third kappa shape index (κ3) is 4.95. The number of sulfone groups is 1. The van der Waals surface area contributed by atoms with E-state index in [4.69, 9.17) is 0 Å². The number of carbonyl (C=O) groups excluding carboxylic acids is 1. The van der Waals surface area contributed by atoms with Crippen LogP contribution in [0.2, 0.25) is 0 Å². The molecule has 1 aliphatic rings. The molecular weight excluding hydrogens is 414 g/mol. The number of benzene rings is 1. The molecule has 2 aromatic heterocycles. The number of nitrogens with zero attached hydrogens (tertiary/aromatic N) is 4. The van der Waals surface area contributed by atoms with E-state index in [1.54, 1.807) is 24.4 Å². The third-order valence-electron chi connectivity index (χ3n) is 5.51. The Morgan fingerprint density at radius 1 is 1.06 bits per heavy atom. The molecule has 164 valence electrons. The lowest BCUT2D eigenvalue weighted by molar-refractivity contribution is 0.0947. The summed E-state index contributed by atoms with van der Waals surface area (Å²) in [5.74, 6) is -0.400. The summed E-state index contributed by atoms with van der Waals surface area (Å²) in [6.45, 7) is 5.48. The van der Waals surface area contributed by atoms with Crippen LogP contribution in [0.25, 0.3) is 5.52 Å². The maximum absolute atomic E-state index is 12.8. The molecule has 1 aromatic carbocycles. The van der Waals surface area contributed by atoms with E-state index in [-0.39, 0.29) is 10.9 Å². The van der Waals surface area contributed by atoms with Crippen molar-refractivity contribution in [1.82, 2.24) is 24.5 Å². The van der Waals surface area contributed by atoms with Crippen molar-refractivity contribution in [3.8, 4) is 0 Å². The summed E-state index contributed by atoms with van der Waals surface area (Å²) in [6, 6.07) is 13.3. The second kappa shape index (κ2) is 8.78.